The lowest BCUT2D eigenvalue weighted by Crippen LogP contribution is -2.18. The Morgan fingerprint density at radius 3 is 2.60 bits per heavy atom. The molecule has 0 atom stereocenters. The molecule has 132 valence electrons. The van der Waals surface area contributed by atoms with Crippen molar-refractivity contribution in [3.8, 4) is 22.3 Å². The monoisotopic (exact) mass is 358 g/mol. The van der Waals surface area contributed by atoms with E-state index < -0.39 is 0 Å². The van der Waals surface area contributed by atoms with E-state index >= 15 is 0 Å². The van der Waals surface area contributed by atoms with Crippen molar-refractivity contribution in [3.05, 3.63) is 52.7 Å². The summed E-state index contributed by atoms with van der Waals surface area (Å²) in [6, 6.07) is 10.0. The molecule has 0 aliphatic carbocycles. The molecule has 0 saturated heterocycles. The highest BCUT2D eigenvalue weighted by molar-refractivity contribution is 7.13. The number of benzene rings is 1. The van der Waals surface area contributed by atoms with Gasteiger partial charge in [0.25, 0.3) is 0 Å². The Kier molecular flexibility index (Phi) is 5.40. The summed E-state index contributed by atoms with van der Waals surface area (Å²) in [4.78, 5) is 7.90. The molecule has 0 aliphatic rings. The molecule has 0 saturated carbocycles. The molecule has 2 heterocycles. The molecule has 1 aromatic carbocycles. The van der Waals surface area contributed by atoms with Gasteiger partial charge in [0.1, 0.15) is 5.76 Å². The molecule has 0 aliphatic heterocycles. The summed E-state index contributed by atoms with van der Waals surface area (Å²) in [6.45, 7) is 3.46. The molecule has 5 nitrogen and oxygen atoms in total. The van der Waals surface area contributed by atoms with E-state index in [1.165, 1.54) is 0 Å². The summed E-state index contributed by atoms with van der Waals surface area (Å²) in [5, 5.41) is 2.03. The number of hydrogen-bond acceptors (Lipinski definition) is 6. The molecule has 0 amide bonds. The molecule has 0 bridgehead atoms. The topological polar surface area (TPSA) is 47.7 Å². The zero-order valence-electron chi connectivity index (χ0n) is 14.9. The molecular weight excluding hydrogens is 336 g/mol. The molecule has 0 unspecified atom stereocenters. The minimum Gasteiger partial charge on any atom is -0.493 e. The summed E-state index contributed by atoms with van der Waals surface area (Å²) in [5.74, 6) is 3.04. The Morgan fingerprint density at radius 2 is 1.92 bits per heavy atom. The zero-order valence-corrected chi connectivity index (χ0v) is 15.7. The van der Waals surface area contributed by atoms with Crippen LogP contribution < -0.4 is 9.47 Å². The van der Waals surface area contributed by atoms with Crippen LogP contribution >= 0.6 is 11.3 Å². The van der Waals surface area contributed by atoms with Crippen molar-refractivity contribution in [1.82, 2.24) is 9.88 Å². The van der Waals surface area contributed by atoms with E-state index in [0.717, 1.165) is 46.5 Å². The van der Waals surface area contributed by atoms with E-state index in [1.54, 1.807) is 25.6 Å². The zero-order chi connectivity index (χ0) is 17.8. The maximum atomic E-state index is 5.81. The lowest BCUT2D eigenvalue weighted by molar-refractivity contribution is 0.311. The maximum Gasteiger partial charge on any atom is 0.236 e. The number of nitrogens with zero attached hydrogens (tertiary/aromatic N) is 2. The highest BCUT2D eigenvalue weighted by atomic mass is 32.1. The summed E-state index contributed by atoms with van der Waals surface area (Å²) >= 11 is 1.63. The fraction of sp³-hybridized carbons (Fsp3) is 0.316. The van der Waals surface area contributed by atoms with E-state index in [9.17, 15) is 0 Å². The minimum atomic E-state index is 0.696. The molecule has 0 radical (unpaired) electrons. The molecule has 0 spiro atoms. The van der Waals surface area contributed by atoms with E-state index in [4.69, 9.17) is 13.9 Å². The standard InChI is InChI=1S/C19H22N2O3S/c1-13-15(20-19(24-13)18-6-5-9-25-18)12-21(2)11-14-7-8-16(22-3)17(10-14)23-4/h5-10H,11-12H2,1-4H3. The van der Waals surface area contributed by atoms with Crippen LogP contribution in [-0.2, 0) is 13.1 Å². The Morgan fingerprint density at radius 1 is 1.12 bits per heavy atom. The third kappa shape index (κ3) is 4.03. The van der Waals surface area contributed by atoms with Crippen LogP contribution in [0.25, 0.3) is 10.8 Å². The normalized spacial score (nSPS) is 11.1. The number of thiophene rings is 1. The Hall–Kier alpha value is -2.31. The predicted molar refractivity (Wildman–Crippen MR) is 99.3 cm³/mol. The first-order valence-corrected chi connectivity index (χ1v) is 8.88. The number of hydrogen-bond donors (Lipinski definition) is 0. The Balaban J connectivity index is 1.70. The fourth-order valence-corrected chi connectivity index (χ4v) is 3.33. The van der Waals surface area contributed by atoms with Crippen molar-refractivity contribution in [2.75, 3.05) is 21.3 Å². The fourth-order valence-electron chi connectivity index (χ4n) is 2.68. The van der Waals surface area contributed by atoms with Gasteiger partial charge in [0.05, 0.1) is 24.8 Å². The number of oxazole rings is 1. The number of aryl methyl sites for hydroxylation is 1. The van der Waals surface area contributed by atoms with Gasteiger partial charge in [-0.2, -0.15) is 0 Å². The van der Waals surface area contributed by atoms with Crippen LogP contribution in [0.4, 0.5) is 0 Å². The molecule has 6 heteroatoms. The van der Waals surface area contributed by atoms with Crippen molar-refractivity contribution >= 4 is 11.3 Å². The number of rotatable bonds is 7. The SMILES string of the molecule is COc1ccc(CN(C)Cc2nc(-c3cccs3)oc2C)cc1OC. The summed E-state index contributed by atoms with van der Waals surface area (Å²) in [6.07, 6.45) is 0. The summed E-state index contributed by atoms with van der Waals surface area (Å²) in [5.41, 5.74) is 2.12. The van der Waals surface area contributed by atoms with E-state index in [-0.39, 0.29) is 0 Å². The van der Waals surface area contributed by atoms with Gasteiger partial charge in [0, 0.05) is 13.1 Å². The van der Waals surface area contributed by atoms with Gasteiger partial charge >= 0.3 is 0 Å². The van der Waals surface area contributed by atoms with Crippen molar-refractivity contribution < 1.29 is 13.9 Å². The van der Waals surface area contributed by atoms with Crippen molar-refractivity contribution in [1.29, 1.82) is 0 Å². The predicted octanol–water partition coefficient (Wildman–Crippen LogP) is 4.36. The molecule has 2 aromatic heterocycles. The second-order valence-corrected chi connectivity index (χ2v) is 6.81. The van der Waals surface area contributed by atoms with Crippen molar-refractivity contribution in [2.45, 2.75) is 20.0 Å². The first kappa shape index (κ1) is 17.5. The lowest BCUT2D eigenvalue weighted by Gasteiger charge is -2.17. The van der Waals surface area contributed by atoms with Crippen LogP contribution in [0.5, 0.6) is 11.5 Å². The largest absolute Gasteiger partial charge is 0.493 e. The molecular formula is C19H22N2O3S. The summed E-state index contributed by atoms with van der Waals surface area (Å²) in [7, 11) is 5.36. The first-order chi connectivity index (χ1) is 12.1. The van der Waals surface area contributed by atoms with E-state index in [1.807, 2.05) is 42.6 Å². The Labute approximate surface area is 151 Å². The second kappa shape index (κ2) is 7.72. The van der Waals surface area contributed by atoms with Crippen LogP contribution in [-0.4, -0.2) is 31.2 Å². The van der Waals surface area contributed by atoms with Crippen LogP contribution in [0, 0.1) is 6.92 Å². The average Bonchev–Trinajstić information content (AvgIpc) is 3.25. The van der Waals surface area contributed by atoms with Gasteiger partial charge in [-0.15, -0.1) is 11.3 Å². The number of methoxy groups -OCH3 is 2. The molecule has 25 heavy (non-hydrogen) atoms. The maximum absolute atomic E-state index is 5.81. The number of ether oxygens (including phenoxy) is 2. The van der Waals surface area contributed by atoms with Crippen LogP contribution in [0.2, 0.25) is 0 Å². The molecule has 3 rings (SSSR count). The van der Waals surface area contributed by atoms with Crippen LogP contribution in [0.15, 0.2) is 40.1 Å². The van der Waals surface area contributed by atoms with Crippen molar-refractivity contribution in [2.24, 2.45) is 0 Å². The third-order valence-corrected chi connectivity index (χ3v) is 4.80. The van der Waals surface area contributed by atoms with Crippen LogP contribution in [0.1, 0.15) is 17.0 Å². The van der Waals surface area contributed by atoms with E-state index in [0.29, 0.717) is 5.89 Å². The Bertz CT molecular complexity index is 827. The molecule has 0 N–H and O–H groups in total. The highest BCUT2D eigenvalue weighted by Crippen LogP contribution is 2.29. The summed E-state index contributed by atoms with van der Waals surface area (Å²) < 4.78 is 16.5. The van der Waals surface area contributed by atoms with Gasteiger partial charge in [0.15, 0.2) is 11.5 Å². The van der Waals surface area contributed by atoms with Gasteiger partial charge in [0.2, 0.25) is 5.89 Å². The second-order valence-electron chi connectivity index (χ2n) is 5.86. The van der Waals surface area contributed by atoms with Gasteiger partial charge in [-0.25, -0.2) is 4.98 Å². The molecule has 0 fully saturated rings. The van der Waals surface area contributed by atoms with Gasteiger partial charge in [-0.3, -0.25) is 4.90 Å². The van der Waals surface area contributed by atoms with Crippen LogP contribution in [0.3, 0.4) is 0 Å². The average molecular weight is 358 g/mol. The first-order valence-electron chi connectivity index (χ1n) is 8.00. The molecule has 3 aromatic rings. The van der Waals surface area contributed by atoms with Gasteiger partial charge in [-0.05, 0) is 43.1 Å². The van der Waals surface area contributed by atoms with Gasteiger partial charge in [-0.1, -0.05) is 12.1 Å². The highest BCUT2D eigenvalue weighted by Gasteiger charge is 2.14. The smallest absolute Gasteiger partial charge is 0.236 e. The third-order valence-electron chi connectivity index (χ3n) is 3.94. The quantitative estimate of drug-likeness (QED) is 0.628. The van der Waals surface area contributed by atoms with E-state index in [2.05, 4.69) is 16.9 Å². The lowest BCUT2D eigenvalue weighted by atomic mass is 10.2. The van der Waals surface area contributed by atoms with Gasteiger partial charge < -0.3 is 13.9 Å². The number of aromatic nitrogens is 1. The van der Waals surface area contributed by atoms with Crippen molar-refractivity contribution in [3.63, 3.8) is 0 Å². The minimum absolute atomic E-state index is 0.696.